The molecule has 1 unspecified atom stereocenters. The molecule has 0 saturated carbocycles. The van der Waals surface area contributed by atoms with Gasteiger partial charge in [-0.1, -0.05) is 13.2 Å². The van der Waals surface area contributed by atoms with E-state index in [1.165, 1.54) is 12.4 Å². The van der Waals surface area contributed by atoms with Gasteiger partial charge in [-0.15, -0.1) is 0 Å². The standard InChI is InChI=1S/C23H26F3N7O/c1-3-19(34)12-28-18-4-5-20(15(2)8-18)21(32-14-27)33-7-6-16(13-33)9-29-22-30-10-17(11-31-22)23(24,25)26/h3-5,8,10-11,14,16,28H,1-2,6-7,9,12-13H2,(H2,27,32)(H,29,30,31)/b21-20+. The van der Waals surface area contributed by atoms with Crippen molar-refractivity contribution in [2.45, 2.75) is 12.6 Å². The number of nitrogens with zero attached hydrogens (tertiary/aromatic N) is 4. The first-order valence-corrected chi connectivity index (χ1v) is 10.6. The molecule has 2 aromatic rings. The molecule has 1 aromatic carbocycles. The summed E-state index contributed by atoms with van der Waals surface area (Å²) < 4.78 is 38.0. The summed E-state index contributed by atoms with van der Waals surface area (Å²) in [4.78, 5) is 25.4. The molecule has 0 bridgehead atoms. The molecule has 0 radical (unpaired) electrons. The van der Waals surface area contributed by atoms with Crippen LogP contribution in [0.1, 0.15) is 12.0 Å². The molecule has 2 heterocycles. The molecule has 11 heteroatoms. The number of hydrogen-bond acceptors (Lipinski definition) is 7. The summed E-state index contributed by atoms with van der Waals surface area (Å²) in [5.41, 5.74) is 5.46. The Labute approximate surface area is 194 Å². The van der Waals surface area contributed by atoms with Crippen LogP contribution in [0.5, 0.6) is 0 Å². The van der Waals surface area contributed by atoms with E-state index in [-0.39, 0.29) is 24.2 Å². The Morgan fingerprint density at radius 1 is 1.29 bits per heavy atom. The number of anilines is 2. The number of nitrogens with two attached hydrogens (primary N) is 1. The Hall–Kier alpha value is -3.89. The second kappa shape index (κ2) is 10.8. The molecule has 1 aromatic heterocycles. The van der Waals surface area contributed by atoms with Crippen LogP contribution in [-0.4, -0.2) is 53.2 Å². The van der Waals surface area contributed by atoms with Crippen LogP contribution in [0.4, 0.5) is 24.8 Å². The van der Waals surface area contributed by atoms with Crippen molar-refractivity contribution in [3.05, 3.63) is 59.2 Å². The fraction of sp³-hybridized carbons (Fsp3) is 0.304. The molecule has 4 N–H and O–H groups in total. The quantitative estimate of drug-likeness (QED) is 0.288. The van der Waals surface area contributed by atoms with Crippen molar-refractivity contribution in [1.29, 1.82) is 0 Å². The Morgan fingerprint density at radius 3 is 2.65 bits per heavy atom. The number of rotatable bonds is 9. The summed E-state index contributed by atoms with van der Waals surface area (Å²) in [6.45, 7) is 9.58. The van der Waals surface area contributed by atoms with Crippen LogP contribution in [-0.2, 0) is 11.0 Å². The first kappa shape index (κ1) is 24.7. The van der Waals surface area contributed by atoms with Crippen molar-refractivity contribution in [2.24, 2.45) is 16.6 Å². The third kappa shape index (κ3) is 6.33. The van der Waals surface area contributed by atoms with E-state index in [1.54, 1.807) is 0 Å². The van der Waals surface area contributed by atoms with Gasteiger partial charge in [0, 0.05) is 42.9 Å². The highest BCUT2D eigenvalue weighted by Gasteiger charge is 2.31. The minimum absolute atomic E-state index is 0.118. The third-order valence-corrected chi connectivity index (χ3v) is 5.35. The highest BCUT2D eigenvalue weighted by molar-refractivity contribution is 5.92. The number of alkyl halides is 3. The van der Waals surface area contributed by atoms with E-state index in [1.807, 2.05) is 18.2 Å². The lowest BCUT2D eigenvalue weighted by atomic mass is 10.1. The number of likely N-dealkylation sites (tertiary alicyclic amines) is 1. The number of benzene rings is 1. The van der Waals surface area contributed by atoms with Crippen molar-refractivity contribution in [3.8, 4) is 0 Å². The molecule has 1 aliphatic heterocycles. The van der Waals surface area contributed by atoms with Gasteiger partial charge in [0.2, 0.25) is 5.95 Å². The van der Waals surface area contributed by atoms with Gasteiger partial charge < -0.3 is 21.3 Å². The minimum atomic E-state index is -4.47. The molecule has 34 heavy (non-hydrogen) atoms. The second-order valence-electron chi connectivity index (χ2n) is 7.77. The minimum Gasteiger partial charge on any atom is -0.390 e. The van der Waals surface area contributed by atoms with Crippen LogP contribution >= 0.6 is 0 Å². The average molecular weight is 474 g/mol. The van der Waals surface area contributed by atoms with Gasteiger partial charge in [0.05, 0.1) is 18.4 Å². The van der Waals surface area contributed by atoms with Crippen molar-refractivity contribution in [2.75, 3.05) is 36.8 Å². The maximum Gasteiger partial charge on any atom is 0.419 e. The Bertz CT molecular complexity index is 1160. The smallest absolute Gasteiger partial charge is 0.390 e. The van der Waals surface area contributed by atoms with Crippen LogP contribution < -0.4 is 26.8 Å². The number of aromatic nitrogens is 2. The van der Waals surface area contributed by atoms with E-state index >= 15 is 0 Å². The van der Waals surface area contributed by atoms with E-state index in [0.29, 0.717) is 18.9 Å². The van der Waals surface area contributed by atoms with Crippen LogP contribution in [0.2, 0.25) is 0 Å². The summed E-state index contributed by atoms with van der Waals surface area (Å²) in [6, 6.07) is 5.53. The first-order valence-electron chi connectivity index (χ1n) is 10.6. The molecule has 0 amide bonds. The number of hydrogen-bond donors (Lipinski definition) is 3. The Morgan fingerprint density at radius 2 is 2.03 bits per heavy atom. The van der Waals surface area contributed by atoms with Gasteiger partial charge in [-0.3, -0.25) is 4.79 Å². The zero-order chi connectivity index (χ0) is 24.7. The number of ketones is 1. The lowest BCUT2D eigenvalue weighted by Crippen LogP contribution is -2.33. The molecule has 3 rings (SSSR count). The predicted octanol–water partition coefficient (Wildman–Crippen LogP) is 1.56. The topological polar surface area (TPSA) is 109 Å². The highest BCUT2D eigenvalue weighted by Crippen LogP contribution is 2.28. The van der Waals surface area contributed by atoms with E-state index in [9.17, 15) is 18.0 Å². The van der Waals surface area contributed by atoms with Crippen LogP contribution in [0.25, 0.3) is 12.4 Å². The van der Waals surface area contributed by atoms with Gasteiger partial charge in [-0.25, -0.2) is 15.0 Å². The molecular weight excluding hydrogens is 447 g/mol. The van der Waals surface area contributed by atoms with E-state index < -0.39 is 11.7 Å². The molecule has 0 aliphatic carbocycles. The molecule has 180 valence electrons. The fourth-order valence-electron chi connectivity index (χ4n) is 3.57. The predicted molar refractivity (Wildman–Crippen MR) is 126 cm³/mol. The van der Waals surface area contributed by atoms with Crippen molar-refractivity contribution >= 4 is 36.2 Å². The number of nitrogens with one attached hydrogen (secondary N) is 2. The van der Waals surface area contributed by atoms with Gasteiger partial charge in [-0.05, 0) is 41.8 Å². The normalized spacial score (nSPS) is 17.0. The Balaban J connectivity index is 1.68. The zero-order valence-electron chi connectivity index (χ0n) is 18.5. The molecule has 8 nitrogen and oxygen atoms in total. The molecular formula is C23H26F3N7O. The zero-order valence-corrected chi connectivity index (χ0v) is 18.5. The summed E-state index contributed by atoms with van der Waals surface area (Å²) in [5.74, 6) is 0.907. The van der Waals surface area contributed by atoms with E-state index in [0.717, 1.165) is 41.5 Å². The number of aliphatic imine (C=N–C) groups is 1. The van der Waals surface area contributed by atoms with Crippen LogP contribution in [0.15, 0.2) is 48.2 Å². The Kier molecular flexibility index (Phi) is 7.87. The monoisotopic (exact) mass is 473 g/mol. The molecule has 1 atom stereocenters. The fourth-order valence-corrected chi connectivity index (χ4v) is 3.57. The lowest BCUT2D eigenvalue weighted by Gasteiger charge is -2.19. The van der Waals surface area contributed by atoms with Crippen LogP contribution in [0, 0.1) is 5.92 Å². The summed E-state index contributed by atoms with van der Waals surface area (Å²) in [6.07, 6.45) is 0.388. The summed E-state index contributed by atoms with van der Waals surface area (Å²) in [5, 5.41) is 7.55. The third-order valence-electron chi connectivity index (χ3n) is 5.35. The van der Waals surface area contributed by atoms with Gasteiger partial charge >= 0.3 is 6.18 Å². The average Bonchev–Trinajstić information content (AvgIpc) is 3.28. The van der Waals surface area contributed by atoms with Gasteiger partial charge in [0.25, 0.3) is 0 Å². The summed E-state index contributed by atoms with van der Waals surface area (Å²) >= 11 is 0. The lowest BCUT2D eigenvalue weighted by molar-refractivity contribution is -0.138. The van der Waals surface area contributed by atoms with Crippen LogP contribution in [0.3, 0.4) is 0 Å². The summed E-state index contributed by atoms with van der Waals surface area (Å²) in [7, 11) is 0. The van der Waals surface area contributed by atoms with Crippen molar-refractivity contribution in [1.82, 2.24) is 14.9 Å². The SMILES string of the molecule is C=CC(=O)CNc1cc/c(=C(/N=C\N)N2CCC(CNc3ncc(C(F)(F)F)cn3)C2)c(=C)c1. The number of carbonyl (C=O) groups is 1. The van der Waals surface area contributed by atoms with Gasteiger partial charge in [0.1, 0.15) is 5.82 Å². The molecule has 0 spiro atoms. The maximum absolute atomic E-state index is 12.7. The molecule has 1 fully saturated rings. The molecule has 1 aliphatic rings. The van der Waals surface area contributed by atoms with E-state index in [2.05, 4.69) is 43.7 Å². The number of halogens is 3. The number of carbonyl (C=O) groups excluding carboxylic acids is 1. The second-order valence-corrected chi connectivity index (χ2v) is 7.77. The van der Waals surface area contributed by atoms with Crippen molar-refractivity contribution < 1.29 is 18.0 Å². The van der Waals surface area contributed by atoms with E-state index in [4.69, 9.17) is 5.73 Å². The largest absolute Gasteiger partial charge is 0.419 e. The van der Waals surface area contributed by atoms with Gasteiger partial charge in [-0.2, -0.15) is 13.2 Å². The maximum atomic E-state index is 12.7. The first-order chi connectivity index (χ1) is 16.2. The molecule has 1 saturated heterocycles. The van der Waals surface area contributed by atoms with Gasteiger partial charge in [0.15, 0.2) is 5.78 Å². The highest BCUT2D eigenvalue weighted by atomic mass is 19.4. The van der Waals surface area contributed by atoms with Crippen molar-refractivity contribution in [3.63, 3.8) is 0 Å².